The van der Waals surface area contributed by atoms with Gasteiger partial charge in [0, 0.05) is 4.75 Å². The van der Waals surface area contributed by atoms with Crippen LogP contribution in [0.3, 0.4) is 0 Å². The van der Waals surface area contributed by atoms with Gasteiger partial charge in [0.25, 0.3) is 0 Å². The van der Waals surface area contributed by atoms with Crippen molar-refractivity contribution in [1.82, 2.24) is 0 Å². The molecule has 0 aliphatic heterocycles. The van der Waals surface area contributed by atoms with Crippen LogP contribution in [-0.2, 0) is 4.79 Å². The third-order valence-corrected chi connectivity index (χ3v) is 3.59. The average Bonchev–Trinajstić information content (AvgIpc) is 1.86. The second-order valence-electron chi connectivity index (χ2n) is 3.07. The summed E-state index contributed by atoms with van der Waals surface area (Å²) >= 11 is 1.86. The van der Waals surface area contributed by atoms with Gasteiger partial charge >= 0.3 is 0 Å². The van der Waals surface area contributed by atoms with Crippen LogP contribution in [-0.4, -0.2) is 16.8 Å². The lowest BCUT2D eigenvalue weighted by Gasteiger charge is -2.37. The molecular weight excluding hydrogens is 156 g/mol. The smallest absolute Gasteiger partial charge is 0.152 e. The SMILES string of the molecule is CSC1(/C=C/C(C)=O)CCC1. The molecule has 2 heteroatoms. The summed E-state index contributed by atoms with van der Waals surface area (Å²) in [6, 6.07) is 0. The molecule has 1 aliphatic rings. The van der Waals surface area contributed by atoms with E-state index in [1.54, 1.807) is 13.0 Å². The monoisotopic (exact) mass is 170 g/mol. The summed E-state index contributed by atoms with van der Waals surface area (Å²) in [5.41, 5.74) is 0. The maximum absolute atomic E-state index is 10.7. The van der Waals surface area contributed by atoms with Gasteiger partial charge in [0.2, 0.25) is 0 Å². The van der Waals surface area contributed by atoms with Crippen LogP contribution in [0.25, 0.3) is 0 Å². The summed E-state index contributed by atoms with van der Waals surface area (Å²) in [6.07, 6.45) is 9.67. The molecule has 0 radical (unpaired) electrons. The third-order valence-electron chi connectivity index (χ3n) is 2.23. The van der Waals surface area contributed by atoms with E-state index in [1.807, 2.05) is 11.8 Å². The maximum atomic E-state index is 10.7. The molecule has 0 N–H and O–H groups in total. The number of hydrogen-bond acceptors (Lipinski definition) is 2. The molecule has 1 saturated carbocycles. The van der Waals surface area contributed by atoms with Crippen LogP contribution in [0.1, 0.15) is 26.2 Å². The number of carbonyl (C=O) groups is 1. The number of allylic oxidation sites excluding steroid dienone is 1. The molecule has 0 aromatic rings. The molecule has 0 heterocycles. The second kappa shape index (κ2) is 3.44. The number of rotatable bonds is 3. The van der Waals surface area contributed by atoms with Gasteiger partial charge in [-0.1, -0.05) is 12.5 Å². The lowest BCUT2D eigenvalue weighted by molar-refractivity contribution is -0.112. The van der Waals surface area contributed by atoms with E-state index in [2.05, 4.69) is 12.3 Å². The Hall–Kier alpha value is -0.240. The Morgan fingerprint density at radius 1 is 1.55 bits per heavy atom. The largest absolute Gasteiger partial charge is 0.295 e. The van der Waals surface area contributed by atoms with E-state index >= 15 is 0 Å². The molecule has 0 aromatic carbocycles. The van der Waals surface area contributed by atoms with Gasteiger partial charge in [-0.3, -0.25) is 4.79 Å². The van der Waals surface area contributed by atoms with Gasteiger partial charge in [0.1, 0.15) is 0 Å². The molecule has 0 spiro atoms. The Morgan fingerprint density at radius 3 is 2.45 bits per heavy atom. The van der Waals surface area contributed by atoms with Crippen molar-refractivity contribution in [2.45, 2.75) is 30.9 Å². The molecule has 0 aromatic heterocycles. The fraction of sp³-hybridized carbons (Fsp3) is 0.667. The maximum Gasteiger partial charge on any atom is 0.152 e. The Morgan fingerprint density at radius 2 is 2.18 bits per heavy atom. The quantitative estimate of drug-likeness (QED) is 0.605. The highest BCUT2D eigenvalue weighted by molar-refractivity contribution is 8.00. The van der Waals surface area contributed by atoms with E-state index in [-0.39, 0.29) is 5.78 Å². The van der Waals surface area contributed by atoms with Crippen LogP contribution in [0.2, 0.25) is 0 Å². The molecular formula is C9H14OS. The summed E-state index contributed by atoms with van der Waals surface area (Å²) in [7, 11) is 0. The molecule has 1 fully saturated rings. The number of hydrogen-bond donors (Lipinski definition) is 0. The van der Waals surface area contributed by atoms with Crippen LogP contribution in [0.5, 0.6) is 0 Å². The molecule has 0 bridgehead atoms. The minimum absolute atomic E-state index is 0.158. The summed E-state index contributed by atoms with van der Waals surface area (Å²) < 4.78 is 0.311. The van der Waals surface area contributed by atoms with Crippen LogP contribution >= 0.6 is 11.8 Å². The van der Waals surface area contributed by atoms with Crippen LogP contribution in [0.4, 0.5) is 0 Å². The molecule has 1 rings (SSSR count). The topological polar surface area (TPSA) is 17.1 Å². The summed E-state index contributed by atoms with van der Waals surface area (Å²) in [6.45, 7) is 1.60. The molecule has 11 heavy (non-hydrogen) atoms. The zero-order valence-corrected chi connectivity index (χ0v) is 7.91. The first kappa shape index (κ1) is 8.85. The van der Waals surface area contributed by atoms with Crippen molar-refractivity contribution >= 4 is 17.5 Å². The van der Waals surface area contributed by atoms with Gasteiger partial charge in [0.05, 0.1) is 0 Å². The van der Waals surface area contributed by atoms with Crippen molar-refractivity contribution < 1.29 is 4.79 Å². The second-order valence-corrected chi connectivity index (χ2v) is 4.29. The lowest BCUT2D eigenvalue weighted by Crippen LogP contribution is -2.30. The zero-order chi connectivity index (χ0) is 8.32. The van der Waals surface area contributed by atoms with Gasteiger partial charge in [-0.2, -0.15) is 11.8 Å². The van der Waals surface area contributed by atoms with Crippen molar-refractivity contribution in [3.63, 3.8) is 0 Å². The van der Waals surface area contributed by atoms with E-state index < -0.39 is 0 Å². The summed E-state index contributed by atoms with van der Waals surface area (Å²) in [4.78, 5) is 10.7. The summed E-state index contributed by atoms with van der Waals surface area (Å²) in [5, 5.41) is 0. The highest BCUT2D eigenvalue weighted by Crippen LogP contribution is 2.43. The first-order chi connectivity index (χ1) is 5.18. The van der Waals surface area contributed by atoms with Gasteiger partial charge in [-0.25, -0.2) is 0 Å². The molecule has 0 unspecified atom stereocenters. The van der Waals surface area contributed by atoms with Crippen molar-refractivity contribution in [2.75, 3.05) is 6.26 Å². The van der Waals surface area contributed by atoms with Crippen LogP contribution < -0.4 is 0 Å². The van der Waals surface area contributed by atoms with Crippen molar-refractivity contribution in [3.8, 4) is 0 Å². The molecule has 0 amide bonds. The standard InChI is InChI=1S/C9H14OS/c1-8(10)4-7-9(11-2)5-3-6-9/h4,7H,3,5-6H2,1-2H3/b7-4+. The van der Waals surface area contributed by atoms with Crippen molar-refractivity contribution in [1.29, 1.82) is 0 Å². The van der Waals surface area contributed by atoms with Gasteiger partial charge in [-0.05, 0) is 32.1 Å². The van der Waals surface area contributed by atoms with Gasteiger partial charge in [0.15, 0.2) is 5.78 Å². The molecule has 1 aliphatic carbocycles. The van der Waals surface area contributed by atoms with E-state index in [0.29, 0.717) is 4.75 Å². The highest BCUT2D eigenvalue weighted by atomic mass is 32.2. The van der Waals surface area contributed by atoms with Crippen LogP contribution in [0, 0.1) is 0 Å². The van der Waals surface area contributed by atoms with E-state index in [1.165, 1.54) is 19.3 Å². The molecule has 0 atom stereocenters. The van der Waals surface area contributed by atoms with E-state index in [9.17, 15) is 4.79 Å². The number of thioether (sulfide) groups is 1. The zero-order valence-electron chi connectivity index (χ0n) is 7.09. The summed E-state index contributed by atoms with van der Waals surface area (Å²) in [5.74, 6) is 0.158. The fourth-order valence-electron chi connectivity index (χ4n) is 1.23. The Bertz CT molecular complexity index is 174. The van der Waals surface area contributed by atoms with Crippen LogP contribution in [0.15, 0.2) is 12.2 Å². The Labute approximate surface area is 72.2 Å². The van der Waals surface area contributed by atoms with Crippen molar-refractivity contribution in [3.05, 3.63) is 12.2 Å². The van der Waals surface area contributed by atoms with Gasteiger partial charge in [-0.15, -0.1) is 0 Å². The minimum Gasteiger partial charge on any atom is -0.295 e. The predicted molar refractivity (Wildman–Crippen MR) is 49.9 cm³/mol. The van der Waals surface area contributed by atoms with Crippen molar-refractivity contribution in [2.24, 2.45) is 0 Å². The van der Waals surface area contributed by atoms with Gasteiger partial charge < -0.3 is 0 Å². The number of carbonyl (C=O) groups excluding carboxylic acids is 1. The first-order valence-electron chi connectivity index (χ1n) is 3.93. The highest BCUT2D eigenvalue weighted by Gasteiger charge is 2.33. The van der Waals surface area contributed by atoms with E-state index in [0.717, 1.165) is 0 Å². The predicted octanol–water partition coefficient (Wildman–Crippen LogP) is 2.42. The number of ketones is 1. The Kier molecular flexibility index (Phi) is 2.77. The lowest BCUT2D eigenvalue weighted by atomic mass is 9.84. The molecule has 1 nitrogen and oxygen atoms in total. The minimum atomic E-state index is 0.158. The average molecular weight is 170 g/mol. The molecule has 0 saturated heterocycles. The normalized spacial score (nSPS) is 21.6. The Balaban J connectivity index is 2.50. The first-order valence-corrected chi connectivity index (χ1v) is 5.16. The molecule has 62 valence electrons. The van der Waals surface area contributed by atoms with E-state index in [4.69, 9.17) is 0 Å². The fourth-order valence-corrected chi connectivity index (χ4v) is 2.13. The third kappa shape index (κ3) is 2.09.